The van der Waals surface area contributed by atoms with E-state index in [1.165, 1.54) is 44.6 Å². The monoisotopic (exact) mass is 441 g/mol. The number of carbonyl (C=O) groups excluding carboxylic acids is 1. The first-order chi connectivity index (χ1) is 14.9. The summed E-state index contributed by atoms with van der Waals surface area (Å²) in [5, 5.41) is 3.17. The third kappa shape index (κ3) is 3.40. The third-order valence-corrected chi connectivity index (χ3v) is 9.73. The fraction of sp³-hybridized carbons (Fsp3) is 0.667. The normalized spacial score (nSPS) is 35.0. The van der Waals surface area contributed by atoms with Crippen molar-refractivity contribution >= 4 is 27.5 Å². The minimum atomic E-state index is -3.77. The van der Waals surface area contributed by atoms with E-state index in [0.717, 1.165) is 43.6 Å². The van der Waals surface area contributed by atoms with Gasteiger partial charge in [-0.15, -0.1) is 4.40 Å². The second-order valence-corrected chi connectivity index (χ2v) is 12.3. The van der Waals surface area contributed by atoms with E-state index < -0.39 is 10.0 Å². The number of anilines is 1. The van der Waals surface area contributed by atoms with Gasteiger partial charge in [-0.3, -0.25) is 4.79 Å². The predicted molar refractivity (Wildman–Crippen MR) is 120 cm³/mol. The minimum Gasteiger partial charge on any atom is -0.351 e. The molecular formula is C24H31N3O3S. The number of fused-ring (bicyclic) bond motifs is 3. The van der Waals surface area contributed by atoms with Gasteiger partial charge < -0.3 is 10.2 Å². The first-order valence-electron chi connectivity index (χ1n) is 11.9. The van der Waals surface area contributed by atoms with Gasteiger partial charge in [-0.2, -0.15) is 8.42 Å². The van der Waals surface area contributed by atoms with Crippen LogP contribution in [0.25, 0.3) is 0 Å². The molecule has 0 aromatic heterocycles. The molecule has 4 bridgehead atoms. The highest BCUT2D eigenvalue weighted by atomic mass is 32.2. The molecule has 1 saturated heterocycles. The molecule has 5 fully saturated rings. The topological polar surface area (TPSA) is 78.8 Å². The van der Waals surface area contributed by atoms with E-state index in [9.17, 15) is 13.2 Å². The van der Waals surface area contributed by atoms with Gasteiger partial charge >= 0.3 is 0 Å². The number of nitrogens with one attached hydrogen (secondary N) is 1. The Kier molecular flexibility index (Phi) is 4.50. The van der Waals surface area contributed by atoms with Gasteiger partial charge in [-0.1, -0.05) is 6.42 Å². The number of sulfonamides is 1. The molecule has 6 aliphatic rings. The van der Waals surface area contributed by atoms with Crippen LogP contribution < -0.4 is 10.2 Å². The van der Waals surface area contributed by atoms with Gasteiger partial charge in [-0.25, -0.2) is 0 Å². The van der Waals surface area contributed by atoms with Crippen LogP contribution in [0.4, 0.5) is 5.69 Å². The van der Waals surface area contributed by atoms with Crippen molar-refractivity contribution in [2.45, 2.75) is 69.1 Å². The Morgan fingerprint density at radius 1 is 1.06 bits per heavy atom. The van der Waals surface area contributed by atoms with Crippen LogP contribution in [0.2, 0.25) is 0 Å². The highest BCUT2D eigenvalue weighted by molar-refractivity contribution is 7.90. The molecule has 1 amide bonds. The van der Waals surface area contributed by atoms with Gasteiger partial charge in [-0.05, 0) is 92.7 Å². The third-order valence-electron chi connectivity index (χ3n) is 8.40. The zero-order valence-electron chi connectivity index (χ0n) is 18.0. The van der Waals surface area contributed by atoms with Crippen molar-refractivity contribution in [2.24, 2.45) is 27.6 Å². The van der Waals surface area contributed by atoms with Crippen molar-refractivity contribution in [1.82, 2.24) is 5.32 Å². The largest absolute Gasteiger partial charge is 0.351 e. The lowest BCUT2D eigenvalue weighted by Gasteiger charge is -2.56. The van der Waals surface area contributed by atoms with E-state index in [0.29, 0.717) is 30.1 Å². The summed E-state index contributed by atoms with van der Waals surface area (Å²) in [6.45, 7) is 1.49. The van der Waals surface area contributed by atoms with Gasteiger partial charge in [0.1, 0.15) is 10.7 Å². The van der Waals surface area contributed by atoms with Crippen molar-refractivity contribution in [1.29, 1.82) is 0 Å². The van der Waals surface area contributed by atoms with Gasteiger partial charge in [0.05, 0.1) is 5.69 Å². The summed E-state index contributed by atoms with van der Waals surface area (Å²) < 4.78 is 29.8. The molecule has 0 unspecified atom stereocenters. The Balaban J connectivity index is 1.23. The molecule has 2 heterocycles. The van der Waals surface area contributed by atoms with Crippen LogP contribution in [-0.4, -0.2) is 33.3 Å². The Morgan fingerprint density at radius 3 is 2.48 bits per heavy atom. The van der Waals surface area contributed by atoms with E-state index in [1.54, 1.807) is 12.1 Å². The fourth-order valence-corrected chi connectivity index (χ4v) is 8.78. The summed E-state index contributed by atoms with van der Waals surface area (Å²) in [4.78, 5) is 15.2. The van der Waals surface area contributed by atoms with Crippen LogP contribution in [0.3, 0.4) is 0 Å². The number of hydrogen-bond acceptors (Lipinski definition) is 4. The summed E-state index contributed by atoms with van der Waals surface area (Å²) >= 11 is 0. The average Bonchev–Trinajstić information content (AvgIpc) is 2.96. The molecule has 1 aromatic carbocycles. The lowest BCUT2D eigenvalue weighted by atomic mass is 9.49. The number of rotatable bonds is 3. The van der Waals surface area contributed by atoms with Crippen LogP contribution >= 0.6 is 0 Å². The number of nitrogens with zero attached hydrogens (tertiary/aromatic N) is 2. The van der Waals surface area contributed by atoms with E-state index >= 15 is 0 Å². The molecule has 1 N–H and O–H groups in total. The molecule has 6 nitrogen and oxygen atoms in total. The summed E-state index contributed by atoms with van der Waals surface area (Å²) in [7, 11) is -3.77. The van der Waals surface area contributed by atoms with E-state index in [-0.39, 0.29) is 16.2 Å². The second-order valence-electron chi connectivity index (χ2n) is 10.7. The summed E-state index contributed by atoms with van der Waals surface area (Å²) in [6, 6.07) is 5.11. The quantitative estimate of drug-likeness (QED) is 0.765. The number of amidine groups is 1. The van der Waals surface area contributed by atoms with Gasteiger partial charge in [0.15, 0.2) is 0 Å². The molecule has 0 atom stereocenters. The molecule has 7 rings (SSSR count). The van der Waals surface area contributed by atoms with Crippen LogP contribution in [0.5, 0.6) is 0 Å². The maximum Gasteiger partial charge on any atom is 0.286 e. The Bertz CT molecular complexity index is 1030. The molecule has 0 spiro atoms. The number of amides is 1. The highest BCUT2D eigenvalue weighted by Crippen LogP contribution is 2.59. The first-order valence-corrected chi connectivity index (χ1v) is 13.4. The Hall–Kier alpha value is -1.89. The fourth-order valence-electron chi connectivity index (χ4n) is 7.50. The smallest absolute Gasteiger partial charge is 0.286 e. The van der Waals surface area contributed by atoms with E-state index in [2.05, 4.69) is 9.71 Å². The molecular weight excluding hydrogens is 410 g/mol. The van der Waals surface area contributed by atoms with Gasteiger partial charge in [0.2, 0.25) is 0 Å². The SMILES string of the molecule is O=C(NCC12CC3CC(CC(C3)C1)C2)c1ccc2c(c1)S(=O)(=O)N=C1CCCCCN12. The Labute approximate surface area is 184 Å². The number of hydrogen-bond donors (Lipinski definition) is 1. The van der Waals surface area contributed by atoms with E-state index in [4.69, 9.17) is 0 Å². The lowest BCUT2D eigenvalue weighted by Crippen LogP contribution is -2.51. The molecule has 31 heavy (non-hydrogen) atoms. The Morgan fingerprint density at radius 2 is 1.77 bits per heavy atom. The molecule has 4 aliphatic carbocycles. The lowest BCUT2D eigenvalue weighted by molar-refractivity contribution is -0.0503. The summed E-state index contributed by atoms with van der Waals surface area (Å²) in [5.74, 6) is 3.01. The zero-order chi connectivity index (χ0) is 21.2. The molecule has 166 valence electrons. The van der Waals surface area contributed by atoms with Crippen molar-refractivity contribution < 1.29 is 13.2 Å². The number of benzene rings is 1. The van der Waals surface area contributed by atoms with Crippen LogP contribution in [0, 0.1) is 23.2 Å². The maximum atomic E-state index is 13.0. The average molecular weight is 442 g/mol. The zero-order valence-corrected chi connectivity index (χ0v) is 18.8. The summed E-state index contributed by atoms with van der Waals surface area (Å²) in [5.41, 5.74) is 1.35. The second kappa shape index (κ2) is 7.06. The van der Waals surface area contributed by atoms with Crippen molar-refractivity contribution in [2.75, 3.05) is 18.0 Å². The molecule has 0 radical (unpaired) electrons. The van der Waals surface area contributed by atoms with E-state index in [1.807, 2.05) is 4.90 Å². The van der Waals surface area contributed by atoms with Gasteiger partial charge in [0, 0.05) is 25.1 Å². The van der Waals surface area contributed by atoms with Gasteiger partial charge in [0.25, 0.3) is 15.9 Å². The molecule has 7 heteroatoms. The maximum absolute atomic E-state index is 13.0. The van der Waals surface area contributed by atoms with Crippen LogP contribution in [0.15, 0.2) is 27.5 Å². The molecule has 2 aliphatic heterocycles. The van der Waals surface area contributed by atoms with Crippen LogP contribution in [0.1, 0.15) is 74.6 Å². The summed E-state index contributed by atoms with van der Waals surface area (Å²) in [6.07, 6.45) is 11.6. The van der Waals surface area contributed by atoms with Crippen molar-refractivity contribution in [3.63, 3.8) is 0 Å². The molecule has 4 saturated carbocycles. The highest BCUT2D eigenvalue weighted by Gasteiger charge is 2.50. The number of carbonyl (C=O) groups is 1. The minimum absolute atomic E-state index is 0.167. The van der Waals surface area contributed by atoms with Crippen LogP contribution in [-0.2, 0) is 10.0 Å². The predicted octanol–water partition coefficient (Wildman–Crippen LogP) is 4.11. The first kappa shape index (κ1) is 19.8. The van der Waals surface area contributed by atoms with Crippen molar-refractivity contribution in [3.8, 4) is 0 Å². The standard InChI is InChI=1S/C24H31N3O3S/c28-23(25-15-24-12-16-8-17(13-24)10-18(9-16)14-24)19-5-6-20-21(11-19)31(29,30)26-22-4-2-1-3-7-27(20)22/h5-6,11,16-18H,1-4,7-10,12-15H2,(H,25,28). The van der Waals surface area contributed by atoms with Crippen molar-refractivity contribution in [3.05, 3.63) is 23.8 Å². The molecule has 1 aromatic rings.